The molecular formula is C25H27ClF2N2O5. The molecule has 2 aliphatic heterocycles. The largest absolute Gasteiger partial charge is 0.507 e. The molecule has 0 spiro atoms. The number of carbonyl (C=O) groups excluding carboxylic acids is 2. The molecule has 188 valence electrons. The van der Waals surface area contributed by atoms with E-state index in [1.165, 1.54) is 48.4 Å². The van der Waals surface area contributed by atoms with Crippen LogP contribution in [0.3, 0.4) is 0 Å². The number of nitrogens with zero attached hydrogens (tertiary/aromatic N) is 2. The van der Waals surface area contributed by atoms with E-state index in [9.17, 15) is 23.5 Å². The van der Waals surface area contributed by atoms with Crippen molar-refractivity contribution in [2.75, 3.05) is 46.5 Å². The number of hydrogen-bond acceptors (Lipinski definition) is 6. The monoisotopic (exact) mass is 508 g/mol. The second-order valence-corrected chi connectivity index (χ2v) is 8.20. The van der Waals surface area contributed by atoms with Crippen LogP contribution in [-0.2, 0) is 14.3 Å². The zero-order valence-corrected chi connectivity index (χ0v) is 20.0. The molecule has 1 atom stereocenters. The number of ether oxygens (including phenoxy) is 2. The lowest BCUT2D eigenvalue weighted by Crippen LogP contribution is -2.38. The Bertz CT molecular complexity index is 1100. The zero-order chi connectivity index (χ0) is 24.2. The highest BCUT2D eigenvalue weighted by Gasteiger charge is 2.45. The molecule has 0 bridgehead atoms. The van der Waals surface area contributed by atoms with E-state index in [0.717, 1.165) is 19.2 Å². The SMILES string of the molecule is COc1ccc(/C(O)=C2\C(=O)C(=O)N(CCCN3CCOCC3)C2c2ccc(F)cc2)cc1F.Cl. The van der Waals surface area contributed by atoms with Gasteiger partial charge < -0.3 is 19.5 Å². The Morgan fingerprint density at radius 2 is 1.77 bits per heavy atom. The number of amides is 1. The van der Waals surface area contributed by atoms with Crippen molar-refractivity contribution in [3.63, 3.8) is 0 Å². The minimum atomic E-state index is -0.921. The fraction of sp³-hybridized carbons (Fsp3) is 0.360. The molecule has 0 saturated carbocycles. The van der Waals surface area contributed by atoms with Gasteiger partial charge in [-0.3, -0.25) is 14.5 Å². The van der Waals surface area contributed by atoms with Gasteiger partial charge in [0.05, 0.1) is 31.9 Å². The van der Waals surface area contributed by atoms with E-state index in [0.29, 0.717) is 31.7 Å². The molecule has 1 unspecified atom stereocenters. The third-order valence-electron chi connectivity index (χ3n) is 6.13. The van der Waals surface area contributed by atoms with Crippen LogP contribution in [-0.4, -0.2) is 73.1 Å². The maximum absolute atomic E-state index is 14.3. The summed E-state index contributed by atoms with van der Waals surface area (Å²) in [5.41, 5.74) is 0.354. The summed E-state index contributed by atoms with van der Waals surface area (Å²) < 4.78 is 38.1. The molecule has 35 heavy (non-hydrogen) atoms. The van der Waals surface area contributed by atoms with E-state index < -0.39 is 35.1 Å². The molecule has 10 heteroatoms. The molecule has 0 aliphatic carbocycles. The lowest BCUT2D eigenvalue weighted by atomic mass is 9.95. The van der Waals surface area contributed by atoms with Gasteiger partial charge in [0.1, 0.15) is 11.6 Å². The fourth-order valence-corrected chi connectivity index (χ4v) is 4.36. The molecule has 2 aromatic carbocycles. The Hall–Kier alpha value is -3.01. The second kappa shape index (κ2) is 11.6. The molecule has 2 heterocycles. The number of halogens is 3. The topological polar surface area (TPSA) is 79.3 Å². The van der Waals surface area contributed by atoms with E-state index in [1.807, 2.05) is 0 Å². The minimum absolute atomic E-state index is 0. The number of aliphatic hydroxyl groups is 1. The average molecular weight is 509 g/mol. The third kappa shape index (κ3) is 5.63. The van der Waals surface area contributed by atoms with E-state index in [4.69, 9.17) is 9.47 Å². The van der Waals surface area contributed by atoms with Crippen LogP contribution in [0.15, 0.2) is 48.0 Å². The van der Waals surface area contributed by atoms with Crippen molar-refractivity contribution in [2.45, 2.75) is 12.5 Å². The number of rotatable bonds is 7. The van der Waals surface area contributed by atoms with Gasteiger partial charge in [0.15, 0.2) is 11.6 Å². The quantitative estimate of drug-likeness (QED) is 0.350. The van der Waals surface area contributed by atoms with E-state index in [-0.39, 0.29) is 35.8 Å². The van der Waals surface area contributed by atoms with Gasteiger partial charge in [-0.25, -0.2) is 8.78 Å². The van der Waals surface area contributed by atoms with Crippen LogP contribution in [0.25, 0.3) is 5.76 Å². The number of methoxy groups -OCH3 is 1. The molecule has 7 nitrogen and oxygen atoms in total. The summed E-state index contributed by atoms with van der Waals surface area (Å²) in [7, 11) is 1.31. The molecule has 2 aliphatic rings. The van der Waals surface area contributed by atoms with E-state index in [1.54, 1.807) is 0 Å². The number of likely N-dealkylation sites (tertiary alicyclic amines) is 1. The summed E-state index contributed by atoms with van der Waals surface area (Å²) >= 11 is 0. The Morgan fingerprint density at radius 1 is 1.09 bits per heavy atom. The third-order valence-corrected chi connectivity index (χ3v) is 6.13. The van der Waals surface area contributed by atoms with Crippen LogP contribution in [0.5, 0.6) is 5.75 Å². The van der Waals surface area contributed by atoms with Crippen molar-refractivity contribution >= 4 is 29.9 Å². The first-order valence-electron chi connectivity index (χ1n) is 11.1. The lowest BCUT2D eigenvalue weighted by molar-refractivity contribution is -0.140. The van der Waals surface area contributed by atoms with Gasteiger partial charge in [-0.05, 0) is 42.3 Å². The molecule has 2 saturated heterocycles. The minimum Gasteiger partial charge on any atom is -0.507 e. The second-order valence-electron chi connectivity index (χ2n) is 8.20. The van der Waals surface area contributed by atoms with Gasteiger partial charge in [0.2, 0.25) is 0 Å². The van der Waals surface area contributed by atoms with Crippen LogP contribution in [0, 0.1) is 11.6 Å². The van der Waals surface area contributed by atoms with Crippen molar-refractivity contribution in [2.24, 2.45) is 0 Å². The average Bonchev–Trinajstić information content (AvgIpc) is 3.09. The predicted molar refractivity (Wildman–Crippen MR) is 127 cm³/mol. The summed E-state index contributed by atoms with van der Waals surface area (Å²) in [6.45, 7) is 3.87. The zero-order valence-electron chi connectivity index (χ0n) is 19.2. The normalized spacial score (nSPS) is 20.1. The Balaban J connectivity index is 0.00000342. The summed E-state index contributed by atoms with van der Waals surface area (Å²) in [5, 5.41) is 11.0. The fourth-order valence-electron chi connectivity index (χ4n) is 4.36. The van der Waals surface area contributed by atoms with Gasteiger partial charge in [-0.2, -0.15) is 0 Å². The van der Waals surface area contributed by atoms with Crippen LogP contribution in [0.2, 0.25) is 0 Å². The highest BCUT2D eigenvalue weighted by Crippen LogP contribution is 2.40. The number of morpholine rings is 1. The predicted octanol–water partition coefficient (Wildman–Crippen LogP) is 3.54. The molecule has 2 aromatic rings. The first-order valence-corrected chi connectivity index (χ1v) is 11.1. The van der Waals surface area contributed by atoms with Crippen molar-refractivity contribution in [3.8, 4) is 5.75 Å². The van der Waals surface area contributed by atoms with Gasteiger partial charge in [0.25, 0.3) is 11.7 Å². The molecular weight excluding hydrogens is 482 g/mol. The molecule has 4 rings (SSSR count). The van der Waals surface area contributed by atoms with Crippen LogP contribution in [0.1, 0.15) is 23.6 Å². The number of Topliss-reactive ketones (excluding diaryl/α,β-unsaturated/α-hetero) is 1. The first-order chi connectivity index (χ1) is 16.4. The number of hydrogen-bond donors (Lipinski definition) is 1. The number of benzene rings is 2. The molecule has 1 amide bonds. The summed E-state index contributed by atoms with van der Waals surface area (Å²) in [5.74, 6) is -3.32. The molecule has 0 radical (unpaired) electrons. The van der Waals surface area contributed by atoms with Crippen molar-refractivity contribution in [1.29, 1.82) is 0 Å². The van der Waals surface area contributed by atoms with Crippen molar-refractivity contribution in [1.82, 2.24) is 9.80 Å². The van der Waals surface area contributed by atoms with E-state index in [2.05, 4.69) is 4.90 Å². The van der Waals surface area contributed by atoms with Gasteiger partial charge >= 0.3 is 0 Å². The summed E-state index contributed by atoms with van der Waals surface area (Å²) in [6.07, 6.45) is 0.599. The first kappa shape index (κ1) is 26.6. The lowest BCUT2D eigenvalue weighted by Gasteiger charge is -2.29. The van der Waals surface area contributed by atoms with E-state index >= 15 is 0 Å². The Kier molecular flexibility index (Phi) is 8.82. The Morgan fingerprint density at radius 3 is 2.40 bits per heavy atom. The number of ketones is 1. The summed E-state index contributed by atoms with van der Waals surface area (Å²) in [6, 6.07) is 8.27. The highest BCUT2D eigenvalue weighted by molar-refractivity contribution is 6.46. The Labute approximate surface area is 208 Å². The summed E-state index contributed by atoms with van der Waals surface area (Å²) in [4.78, 5) is 29.6. The van der Waals surface area contributed by atoms with Gasteiger partial charge in [0, 0.05) is 31.7 Å². The smallest absolute Gasteiger partial charge is 0.295 e. The van der Waals surface area contributed by atoms with Crippen molar-refractivity contribution in [3.05, 3.63) is 70.8 Å². The molecule has 1 N–H and O–H groups in total. The molecule has 0 aromatic heterocycles. The molecule has 2 fully saturated rings. The van der Waals surface area contributed by atoms with Gasteiger partial charge in [-0.15, -0.1) is 12.4 Å². The van der Waals surface area contributed by atoms with Gasteiger partial charge in [-0.1, -0.05) is 12.1 Å². The number of aliphatic hydroxyl groups excluding tert-OH is 1. The van der Waals surface area contributed by atoms with Crippen LogP contribution < -0.4 is 4.74 Å². The standard InChI is InChI=1S/C25H26F2N2O5.ClH/c1-33-20-8-5-17(15-19(20)27)23(30)21-22(16-3-6-18(26)7-4-16)29(25(32)24(21)31)10-2-9-28-11-13-34-14-12-28;/h3-8,15,22,30H,2,9-14H2,1H3;1H/b23-21+;. The maximum atomic E-state index is 14.3. The highest BCUT2D eigenvalue weighted by atomic mass is 35.5. The van der Waals surface area contributed by atoms with Crippen LogP contribution >= 0.6 is 12.4 Å². The maximum Gasteiger partial charge on any atom is 0.295 e. The number of carbonyl (C=O) groups is 2. The van der Waals surface area contributed by atoms with Crippen LogP contribution in [0.4, 0.5) is 8.78 Å². The van der Waals surface area contributed by atoms with Crippen molar-refractivity contribution < 1.29 is 33.0 Å².